The molecule has 0 amide bonds. The van der Waals surface area contributed by atoms with Crippen molar-refractivity contribution in [3.63, 3.8) is 0 Å². The van der Waals surface area contributed by atoms with E-state index >= 15 is 0 Å². The Morgan fingerprint density at radius 1 is 0.750 bits per heavy atom. The summed E-state index contributed by atoms with van der Waals surface area (Å²) in [6.45, 7) is 9.19. The predicted molar refractivity (Wildman–Crippen MR) is 185 cm³/mol. The fourth-order valence-electron chi connectivity index (χ4n) is 7.82. The molecule has 5 heterocycles. The second-order valence-electron chi connectivity index (χ2n) is 13.7. The lowest BCUT2D eigenvalue weighted by atomic mass is 9.92. The molecule has 5 aromatic rings. The first-order valence-electron chi connectivity index (χ1n) is 17.1. The smallest absolute Gasteiger partial charge is 0.344 e. The molecule has 0 aliphatic carbocycles. The van der Waals surface area contributed by atoms with Crippen molar-refractivity contribution in [1.82, 2.24) is 0 Å². The molecule has 270 valence electrons. The van der Waals surface area contributed by atoms with E-state index in [0.29, 0.717) is 38.4 Å². The first-order valence-corrected chi connectivity index (χ1v) is 17.1. The first-order chi connectivity index (χ1) is 25.0. The Hall–Kier alpha value is -4.57. The highest BCUT2D eigenvalue weighted by molar-refractivity contribution is 6.24. The number of aliphatic hydroxyl groups excluding tert-OH is 3. The largest absolute Gasteiger partial charge is 0.507 e. The van der Waals surface area contributed by atoms with Crippen LogP contribution < -0.4 is 15.1 Å². The van der Waals surface area contributed by atoms with Crippen LogP contribution in [0, 0.1) is 6.92 Å². The average Bonchev–Trinajstić information content (AvgIpc) is 3.59. The monoisotopic (exact) mass is 712 g/mol. The van der Waals surface area contributed by atoms with Gasteiger partial charge in [-0.05, 0) is 38.5 Å². The molecule has 4 N–H and O–H groups in total. The maximum Gasteiger partial charge on any atom is 0.344 e. The van der Waals surface area contributed by atoms with Crippen molar-refractivity contribution < 1.29 is 58.0 Å². The van der Waals surface area contributed by atoms with Crippen molar-refractivity contribution in [1.29, 1.82) is 0 Å². The van der Waals surface area contributed by atoms with Gasteiger partial charge < -0.3 is 58.0 Å². The number of ether oxygens (including phenoxy) is 7. The summed E-state index contributed by atoms with van der Waals surface area (Å²) in [6, 6.07) is 17.8. The van der Waals surface area contributed by atoms with Crippen LogP contribution >= 0.6 is 0 Å². The molecule has 3 saturated heterocycles. The third-order valence-corrected chi connectivity index (χ3v) is 10.5. The second kappa shape index (κ2) is 12.3. The summed E-state index contributed by atoms with van der Waals surface area (Å²) >= 11 is 0. The number of aliphatic hydroxyl groups is 3. The molecule has 52 heavy (non-hydrogen) atoms. The molecule has 0 saturated carbocycles. The Morgan fingerprint density at radius 2 is 1.50 bits per heavy atom. The summed E-state index contributed by atoms with van der Waals surface area (Å²) in [7, 11) is 0. The lowest BCUT2D eigenvalue weighted by molar-refractivity contribution is -0.344. The Kier molecular flexibility index (Phi) is 7.84. The van der Waals surface area contributed by atoms with Gasteiger partial charge >= 0.3 is 5.63 Å². The van der Waals surface area contributed by atoms with Crippen molar-refractivity contribution in [2.75, 3.05) is 0 Å². The van der Waals surface area contributed by atoms with E-state index in [9.17, 15) is 25.2 Å². The van der Waals surface area contributed by atoms with E-state index in [0.717, 1.165) is 5.56 Å². The van der Waals surface area contributed by atoms with Gasteiger partial charge in [-0.1, -0.05) is 55.1 Å². The minimum Gasteiger partial charge on any atom is -0.507 e. The first kappa shape index (κ1) is 33.3. The van der Waals surface area contributed by atoms with Gasteiger partial charge in [0.25, 0.3) is 0 Å². The molecule has 1 aromatic heterocycles. The Bertz CT molecular complexity index is 2300. The number of benzene rings is 4. The predicted octanol–water partition coefficient (Wildman–Crippen LogP) is 4.30. The van der Waals surface area contributed by atoms with Crippen LogP contribution in [0.2, 0.25) is 0 Å². The molecular formula is C39H36O13. The van der Waals surface area contributed by atoms with Gasteiger partial charge in [-0.25, -0.2) is 4.79 Å². The zero-order valence-corrected chi connectivity index (χ0v) is 28.3. The molecule has 9 rings (SSSR count). The van der Waals surface area contributed by atoms with Gasteiger partial charge in [-0.3, -0.25) is 0 Å². The molecular weight excluding hydrogens is 676 g/mol. The molecule has 5 unspecified atom stereocenters. The Labute approximate surface area is 296 Å². The topological polar surface area (TPSA) is 176 Å². The van der Waals surface area contributed by atoms with Crippen LogP contribution in [0.15, 0.2) is 76.5 Å². The number of rotatable bonds is 5. The Morgan fingerprint density at radius 3 is 2.29 bits per heavy atom. The fourth-order valence-corrected chi connectivity index (χ4v) is 7.82. The van der Waals surface area contributed by atoms with E-state index in [1.807, 2.05) is 30.3 Å². The summed E-state index contributed by atoms with van der Waals surface area (Å²) in [6.07, 6.45) is -12.1. The molecule has 0 bridgehead atoms. The highest BCUT2D eigenvalue weighted by Gasteiger charge is 2.56. The van der Waals surface area contributed by atoms with Gasteiger partial charge in [0.2, 0.25) is 6.29 Å². The number of aromatic hydroxyl groups is 1. The number of fused-ring (bicyclic) bond motifs is 3. The highest BCUT2D eigenvalue weighted by atomic mass is 16.8. The molecule has 11 atom stereocenters. The lowest BCUT2D eigenvalue weighted by Crippen LogP contribution is -2.63. The van der Waals surface area contributed by atoms with Crippen LogP contribution in [-0.4, -0.2) is 81.8 Å². The molecule has 0 radical (unpaired) electrons. The molecule has 0 spiro atoms. The van der Waals surface area contributed by atoms with E-state index in [4.69, 9.17) is 37.6 Å². The van der Waals surface area contributed by atoms with E-state index in [-0.39, 0.29) is 28.2 Å². The Balaban J connectivity index is 1.18. The van der Waals surface area contributed by atoms with Gasteiger partial charge in [-0.15, -0.1) is 0 Å². The zero-order valence-electron chi connectivity index (χ0n) is 28.3. The van der Waals surface area contributed by atoms with Crippen molar-refractivity contribution in [3.8, 4) is 17.2 Å². The second-order valence-corrected chi connectivity index (χ2v) is 13.7. The molecule has 4 aliphatic heterocycles. The van der Waals surface area contributed by atoms with E-state index in [1.165, 1.54) is 0 Å². The lowest BCUT2D eigenvalue weighted by Gasteiger charge is -2.45. The maximum absolute atomic E-state index is 13.6. The average molecular weight is 713 g/mol. The summed E-state index contributed by atoms with van der Waals surface area (Å²) in [5.41, 5.74) is 1.27. The molecule has 13 nitrogen and oxygen atoms in total. The number of phenols is 1. The summed E-state index contributed by atoms with van der Waals surface area (Å²) in [5, 5.41) is 45.5. The van der Waals surface area contributed by atoms with Crippen LogP contribution in [0.3, 0.4) is 0 Å². The minimum absolute atomic E-state index is 0.146. The van der Waals surface area contributed by atoms with Crippen LogP contribution in [0.25, 0.3) is 38.3 Å². The van der Waals surface area contributed by atoms with Gasteiger partial charge in [-0.2, -0.15) is 0 Å². The normalized spacial score (nSPS) is 32.7. The molecule has 13 heteroatoms. The van der Waals surface area contributed by atoms with Crippen molar-refractivity contribution in [2.24, 2.45) is 0 Å². The minimum atomic E-state index is -1.63. The molecule has 4 aromatic carbocycles. The number of phenolic OH excluding ortho intramolecular Hbond substituents is 1. The van der Waals surface area contributed by atoms with Crippen LogP contribution in [0.1, 0.15) is 36.8 Å². The number of hydrogen-bond donors (Lipinski definition) is 4. The van der Waals surface area contributed by atoms with Gasteiger partial charge in [0, 0.05) is 21.7 Å². The number of hydrogen-bond acceptors (Lipinski definition) is 13. The quantitative estimate of drug-likeness (QED) is 0.150. The molecule has 3 fully saturated rings. The van der Waals surface area contributed by atoms with E-state index in [1.54, 1.807) is 51.1 Å². The van der Waals surface area contributed by atoms with Gasteiger partial charge in [0.1, 0.15) is 53.5 Å². The summed E-state index contributed by atoms with van der Waals surface area (Å²) in [4.78, 5) is 13.6. The number of aryl methyl sites for hydroxylation is 1. The van der Waals surface area contributed by atoms with Gasteiger partial charge in [0.15, 0.2) is 24.3 Å². The van der Waals surface area contributed by atoms with Crippen LogP contribution in [-0.2, 0) is 23.7 Å². The third-order valence-electron chi connectivity index (χ3n) is 10.5. The van der Waals surface area contributed by atoms with E-state index < -0.39 is 73.3 Å². The van der Waals surface area contributed by atoms with E-state index in [2.05, 4.69) is 6.58 Å². The standard InChI is InChI=1S/C39H36O13/c1-15-13-14-22-26-23(15)36(44)49-33-25-20(29(41)24(27(26)33)16(2)45-22)11-8-12-21(25)48-39-35(52-38-31(43)30(42)28(40)17(3)46-38)34-32(18(4)47-39)50-37(51-34)19-9-6-5-7-10-19/h5-14,17-18,28,30-32,34-35,37-43H,2H2,1,3-4H3/t17?,18-,28-,30?,31?,32-,34?,35?,37+,38+,39+/m0/s1. The maximum atomic E-state index is 13.6. The van der Waals surface area contributed by atoms with Crippen molar-refractivity contribution in [3.05, 3.63) is 94.4 Å². The third kappa shape index (κ3) is 4.96. The molecule has 4 aliphatic rings. The zero-order chi connectivity index (χ0) is 36.2. The SMILES string of the molecule is C=C1Oc2ccc(C)c3c(=O)oc4c5c(O[C@H]6O[C@@H](C)[C@@H]7O[C@@H](c8ccccc8)OC7C6O[C@H]6OC(C)[C@H](O)C(O)C6O)cccc5c(O)c1c4c23. The summed E-state index contributed by atoms with van der Waals surface area (Å²) in [5.74, 6) is 0.607. The van der Waals surface area contributed by atoms with Gasteiger partial charge in [0.05, 0.1) is 28.5 Å². The summed E-state index contributed by atoms with van der Waals surface area (Å²) < 4.78 is 50.2. The van der Waals surface area contributed by atoms with Crippen LogP contribution in [0.4, 0.5) is 0 Å². The highest BCUT2D eigenvalue weighted by Crippen LogP contribution is 2.51. The van der Waals surface area contributed by atoms with Crippen LogP contribution in [0.5, 0.6) is 17.2 Å². The fraction of sp³-hybridized carbons (Fsp3) is 0.359. The van der Waals surface area contributed by atoms with Crippen molar-refractivity contribution >= 4 is 38.3 Å². The van der Waals surface area contributed by atoms with Crippen molar-refractivity contribution in [2.45, 2.75) is 88.5 Å².